The van der Waals surface area contributed by atoms with Crippen LogP contribution in [-0.2, 0) is 14.4 Å². The molecule has 0 radical (unpaired) electrons. The minimum absolute atomic E-state index is 0.229. The molecule has 0 unspecified atom stereocenters. The van der Waals surface area contributed by atoms with Crippen molar-refractivity contribution in [2.24, 2.45) is 5.41 Å². The van der Waals surface area contributed by atoms with E-state index in [1.54, 1.807) is 29.7 Å². The summed E-state index contributed by atoms with van der Waals surface area (Å²) >= 11 is 3.37. The molecule has 124 valence electrons. The molecule has 1 aliphatic rings. The van der Waals surface area contributed by atoms with Crippen molar-refractivity contribution < 1.29 is 14.4 Å². The Bertz CT molecular complexity index is 610. The molecule has 0 aromatic heterocycles. The van der Waals surface area contributed by atoms with Crippen molar-refractivity contribution in [2.45, 2.75) is 13.8 Å². The van der Waals surface area contributed by atoms with Gasteiger partial charge in [-0.1, -0.05) is 12.1 Å². The summed E-state index contributed by atoms with van der Waals surface area (Å²) in [5.74, 6) is -0.584. The molecule has 6 nitrogen and oxygen atoms in total. The first-order valence-electron chi connectivity index (χ1n) is 7.41. The van der Waals surface area contributed by atoms with E-state index in [2.05, 4.69) is 21.2 Å². The minimum atomic E-state index is -1.18. The van der Waals surface area contributed by atoms with Crippen LogP contribution in [-0.4, -0.2) is 54.2 Å². The lowest BCUT2D eigenvalue weighted by Gasteiger charge is -2.36. The van der Waals surface area contributed by atoms with Crippen LogP contribution in [0.4, 0.5) is 5.69 Å². The summed E-state index contributed by atoms with van der Waals surface area (Å²) in [7, 11) is 0. The van der Waals surface area contributed by atoms with Crippen molar-refractivity contribution in [3.05, 3.63) is 28.7 Å². The Balaban J connectivity index is 2.05. The Morgan fingerprint density at radius 2 is 1.78 bits per heavy atom. The van der Waals surface area contributed by atoms with Crippen molar-refractivity contribution >= 4 is 39.8 Å². The molecule has 3 amide bonds. The van der Waals surface area contributed by atoms with Crippen molar-refractivity contribution in [1.82, 2.24) is 9.80 Å². The van der Waals surface area contributed by atoms with Crippen LogP contribution in [0.15, 0.2) is 28.7 Å². The Morgan fingerprint density at radius 3 is 2.35 bits per heavy atom. The number of anilines is 1. The molecule has 0 saturated carbocycles. The van der Waals surface area contributed by atoms with E-state index >= 15 is 0 Å². The Labute approximate surface area is 143 Å². The predicted octanol–water partition coefficient (Wildman–Crippen LogP) is 1.71. The number of nitrogens with one attached hydrogen (secondary N) is 1. The third-order valence-electron chi connectivity index (χ3n) is 3.97. The lowest BCUT2D eigenvalue weighted by molar-refractivity contribution is -0.148. The standard InChI is InChI=1S/C16H20BrN3O3/c1-16(2,14(22)18-13-6-4-3-5-12(13)17)15(23)20-9-7-19(11-21)8-10-20/h3-6,11H,7-10H2,1-2H3,(H,18,22). The molecule has 0 aliphatic carbocycles. The van der Waals surface area contributed by atoms with Crippen molar-refractivity contribution in [1.29, 1.82) is 0 Å². The molecule has 1 N–H and O–H groups in total. The van der Waals surface area contributed by atoms with Gasteiger partial charge in [-0.15, -0.1) is 0 Å². The lowest BCUT2D eigenvalue weighted by atomic mass is 9.89. The van der Waals surface area contributed by atoms with Gasteiger partial charge in [-0.05, 0) is 41.9 Å². The summed E-state index contributed by atoms with van der Waals surface area (Å²) < 4.78 is 0.760. The monoisotopic (exact) mass is 381 g/mol. The van der Waals surface area contributed by atoms with Gasteiger partial charge in [0.25, 0.3) is 0 Å². The van der Waals surface area contributed by atoms with Crippen molar-refractivity contribution in [2.75, 3.05) is 31.5 Å². The third-order valence-corrected chi connectivity index (χ3v) is 4.67. The second kappa shape index (κ2) is 7.12. The fraction of sp³-hybridized carbons (Fsp3) is 0.438. The molecule has 0 spiro atoms. The van der Waals surface area contributed by atoms with Gasteiger partial charge in [-0.3, -0.25) is 14.4 Å². The maximum absolute atomic E-state index is 12.7. The van der Waals surface area contributed by atoms with Crippen LogP contribution in [0.3, 0.4) is 0 Å². The van der Waals surface area contributed by atoms with Gasteiger partial charge >= 0.3 is 0 Å². The summed E-state index contributed by atoms with van der Waals surface area (Å²) in [5.41, 5.74) is -0.553. The second-order valence-electron chi connectivity index (χ2n) is 5.99. The first kappa shape index (κ1) is 17.5. The average Bonchev–Trinajstić information content (AvgIpc) is 2.56. The maximum Gasteiger partial charge on any atom is 0.239 e. The number of rotatable bonds is 4. The normalized spacial score (nSPS) is 15.3. The van der Waals surface area contributed by atoms with Gasteiger partial charge in [0.15, 0.2) is 0 Å². The first-order chi connectivity index (χ1) is 10.9. The smallest absolute Gasteiger partial charge is 0.239 e. The maximum atomic E-state index is 12.7. The van der Waals surface area contributed by atoms with E-state index in [-0.39, 0.29) is 11.8 Å². The molecule has 1 aromatic rings. The number of benzene rings is 1. The highest BCUT2D eigenvalue weighted by Gasteiger charge is 2.40. The highest BCUT2D eigenvalue weighted by atomic mass is 79.9. The van der Waals surface area contributed by atoms with E-state index in [1.807, 2.05) is 18.2 Å². The molecule has 0 atom stereocenters. The van der Waals surface area contributed by atoms with Crippen LogP contribution in [0.5, 0.6) is 0 Å². The predicted molar refractivity (Wildman–Crippen MR) is 90.8 cm³/mol. The van der Waals surface area contributed by atoms with Crippen molar-refractivity contribution in [3.63, 3.8) is 0 Å². The third kappa shape index (κ3) is 3.90. The number of carbonyl (C=O) groups excluding carboxylic acids is 3. The zero-order valence-corrected chi connectivity index (χ0v) is 14.8. The topological polar surface area (TPSA) is 69.7 Å². The number of hydrogen-bond donors (Lipinski definition) is 1. The van der Waals surface area contributed by atoms with Crippen LogP contribution >= 0.6 is 15.9 Å². The van der Waals surface area contributed by atoms with Crippen LogP contribution < -0.4 is 5.32 Å². The summed E-state index contributed by atoms with van der Waals surface area (Å²) in [6, 6.07) is 7.25. The zero-order valence-electron chi connectivity index (χ0n) is 13.2. The number of piperazine rings is 1. The molecular formula is C16H20BrN3O3. The summed E-state index contributed by atoms with van der Waals surface area (Å²) in [6.45, 7) is 5.13. The molecule has 2 rings (SSSR count). The van der Waals surface area contributed by atoms with Gasteiger partial charge in [0, 0.05) is 30.7 Å². The largest absolute Gasteiger partial charge is 0.342 e. The molecular weight excluding hydrogens is 362 g/mol. The number of para-hydroxylation sites is 1. The van der Waals surface area contributed by atoms with Gasteiger partial charge in [-0.25, -0.2) is 0 Å². The quantitative estimate of drug-likeness (QED) is 0.637. The summed E-state index contributed by atoms with van der Waals surface area (Å²) in [6.07, 6.45) is 0.784. The second-order valence-corrected chi connectivity index (χ2v) is 6.85. The van der Waals surface area contributed by atoms with Crippen LogP contribution in [0.1, 0.15) is 13.8 Å². The van der Waals surface area contributed by atoms with Crippen LogP contribution in [0.25, 0.3) is 0 Å². The highest BCUT2D eigenvalue weighted by Crippen LogP contribution is 2.26. The number of carbonyl (C=O) groups is 3. The van der Waals surface area contributed by atoms with E-state index in [0.29, 0.717) is 31.9 Å². The first-order valence-corrected chi connectivity index (χ1v) is 8.20. The Kier molecular flexibility index (Phi) is 5.41. The highest BCUT2D eigenvalue weighted by molar-refractivity contribution is 9.10. The van der Waals surface area contributed by atoms with Gasteiger partial charge in [-0.2, -0.15) is 0 Å². The molecule has 7 heteroatoms. The van der Waals surface area contributed by atoms with E-state index in [1.165, 1.54) is 0 Å². The van der Waals surface area contributed by atoms with Gasteiger partial charge in [0.1, 0.15) is 5.41 Å². The van der Waals surface area contributed by atoms with Gasteiger partial charge < -0.3 is 15.1 Å². The molecule has 1 saturated heterocycles. The van der Waals surface area contributed by atoms with E-state index in [9.17, 15) is 14.4 Å². The van der Waals surface area contributed by atoms with E-state index in [4.69, 9.17) is 0 Å². The van der Waals surface area contributed by atoms with Crippen LogP contribution in [0.2, 0.25) is 0 Å². The zero-order chi connectivity index (χ0) is 17.0. The Hall–Kier alpha value is -1.89. The number of amides is 3. The van der Waals surface area contributed by atoms with Gasteiger partial charge in [0.2, 0.25) is 18.2 Å². The molecule has 0 bridgehead atoms. The van der Waals surface area contributed by atoms with Gasteiger partial charge in [0.05, 0.1) is 5.69 Å². The fourth-order valence-electron chi connectivity index (χ4n) is 2.36. The summed E-state index contributed by atoms with van der Waals surface area (Å²) in [4.78, 5) is 39.2. The molecule has 1 heterocycles. The summed E-state index contributed by atoms with van der Waals surface area (Å²) in [5, 5.41) is 2.79. The van der Waals surface area contributed by atoms with Crippen LogP contribution in [0, 0.1) is 5.41 Å². The minimum Gasteiger partial charge on any atom is -0.342 e. The number of nitrogens with zero attached hydrogens (tertiary/aromatic N) is 2. The van der Waals surface area contributed by atoms with E-state index < -0.39 is 5.41 Å². The SMILES string of the molecule is CC(C)(C(=O)Nc1ccccc1Br)C(=O)N1CCN(C=O)CC1. The average molecular weight is 382 g/mol. The lowest BCUT2D eigenvalue weighted by Crippen LogP contribution is -2.54. The molecule has 1 aromatic carbocycles. The number of hydrogen-bond acceptors (Lipinski definition) is 3. The molecule has 1 aliphatic heterocycles. The molecule has 23 heavy (non-hydrogen) atoms. The van der Waals surface area contributed by atoms with Crippen molar-refractivity contribution in [3.8, 4) is 0 Å². The Morgan fingerprint density at radius 1 is 1.17 bits per heavy atom. The fourth-order valence-corrected chi connectivity index (χ4v) is 2.75. The molecule has 1 fully saturated rings. The van der Waals surface area contributed by atoms with E-state index in [0.717, 1.165) is 10.9 Å². The number of halogens is 1.